The van der Waals surface area contributed by atoms with Gasteiger partial charge >= 0.3 is 0 Å². The van der Waals surface area contributed by atoms with Gasteiger partial charge in [-0.1, -0.05) is 29.3 Å². The number of hydrogen-bond acceptors (Lipinski definition) is 1. The Hall–Kier alpha value is 0.170. The SMILES string of the molecule is CCc1nn(C)c(CC2CCCC(Br)C2)c1Br. The first-order chi connectivity index (χ1) is 8.11. The van der Waals surface area contributed by atoms with Gasteiger partial charge in [-0.3, -0.25) is 4.68 Å². The molecule has 1 aliphatic rings. The molecule has 2 rings (SSSR count). The van der Waals surface area contributed by atoms with E-state index in [9.17, 15) is 0 Å². The van der Waals surface area contributed by atoms with Gasteiger partial charge in [-0.15, -0.1) is 0 Å². The van der Waals surface area contributed by atoms with E-state index in [4.69, 9.17) is 0 Å². The van der Waals surface area contributed by atoms with Crippen molar-refractivity contribution in [2.45, 2.75) is 50.3 Å². The summed E-state index contributed by atoms with van der Waals surface area (Å²) >= 11 is 7.47. The van der Waals surface area contributed by atoms with Crippen LogP contribution in [0.15, 0.2) is 4.47 Å². The molecule has 0 bridgehead atoms. The minimum atomic E-state index is 0.721. The molecule has 1 aromatic heterocycles. The van der Waals surface area contributed by atoms with Crippen LogP contribution in [0.1, 0.15) is 44.0 Å². The zero-order valence-corrected chi connectivity index (χ0v) is 13.7. The Kier molecular flexibility index (Phi) is 4.70. The monoisotopic (exact) mass is 362 g/mol. The largest absolute Gasteiger partial charge is 0.271 e. The predicted octanol–water partition coefficient (Wildman–Crippen LogP) is 4.24. The Bertz CT molecular complexity index is 387. The molecule has 17 heavy (non-hydrogen) atoms. The minimum absolute atomic E-state index is 0.721. The average Bonchev–Trinajstić information content (AvgIpc) is 2.56. The van der Waals surface area contributed by atoms with Crippen molar-refractivity contribution in [2.24, 2.45) is 13.0 Å². The van der Waals surface area contributed by atoms with Crippen LogP contribution in [0.2, 0.25) is 0 Å². The molecule has 1 saturated carbocycles. The summed E-state index contributed by atoms with van der Waals surface area (Å²) in [6, 6.07) is 0. The molecule has 1 aliphatic carbocycles. The van der Waals surface area contributed by atoms with Crippen molar-refractivity contribution in [3.63, 3.8) is 0 Å². The molecule has 1 fully saturated rings. The molecule has 0 aliphatic heterocycles. The van der Waals surface area contributed by atoms with Gasteiger partial charge in [0.25, 0.3) is 0 Å². The van der Waals surface area contributed by atoms with Crippen LogP contribution in [0.5, 0.6) is 0 Å². The van der Waals surface area contributed by atoms with E-state index in [0.717, 1.165) is 23.6 Å². The van der Waals surface area contributed by atoms with E-state index in [-0.39, 0.29) is 0 Å². The van der Waals surface area contributed by atoms with Crippen LogP contribution in [0.25, 0.3) is 0 Å². The summed E-state index contributed by atoms with van der Waals surface area (Å²) in [5, 5.41) is 4.57. The lowest BCUT2D eigenvalue weighted by Gasteiger charge is -2.25. The van der Waals surface area contributed by atoms with Crippen molar-refractivity contribution in [1.29, 1.82) is 0 Å². The Balaban J connectivity index is 2.10. The quantitative estimate of drug-likeness (QED) is 0.734. The summed E-state index contributed by atoms with van der Waals surface area (Å²) in [5.41, 5.74) is 2.56. The van der Waals surface area contributed by atoms with Crippen LogP contribution in [-0.2, 0) is 19.9 Å². The topological polar surface area (TPSA) is 17.8 Å². The van der Waals surface area contributed by atoms with E-state index in [1.165, 1.54) is 41.5 Å². The van der Waals surface area contributed by atoms with Crippen molar-refractivity contribution < 1.29 is 0 Å². The van der Waals surface area contributed by atoms with Gasteiger partial charge in [0.2, 0.25) is 0 Å². The first-order valence-corrected chi connectivity index (χ1v) is 8.17. The van der Waals surface area contributed by atoms with Crippen molar-refractivity contribution >= 4 is 31.9 Å². The summed E-state index contributed by atoms with van der Waals surface area (Å²) in [5.74, 6) is 0.810. The summed E-state index contributed by atoms with van der Waals surface area (Å²) in [4.78, 5) is 0.721. The highest BCUT2D eigenvalue weighted by molar-refractivity contribution is 9.10. The fourth-order valence-corrected chi connectivity index (χ4v) is 4.36. The molecule has 0 spiro atoms. The Morgan fingerprint density at radius 1 is 1.41 bits per heavy atom. The molecule has 0 aromatic carbocycles. The maximum atomic E-state index is 4.57. The third-order valence-corrected chi connectivity index (χ3v) is 5.45. The smallest absolute Gasteiger partial charge is 0.0766 e. The lowest BCUT2D eigenvalue weighted by Crippen LogP contribution is -2.18. The molecule has 1 aromatic rings. The van der Waals surface area contributed by atoms with Gasteiger partial charge in [0.15, 0.2) is 0 Å². The third kappa shape index (κ3) is 3.14. The van der Waals surface area contributed by atoms with Gasteiger partial charge in [0, 0.05) is 11.9 Å². The Labute approximate surface area is 120 Å². The molecule has 1 heterocycles. The van der Waals surface area contributed by atoms with Crippen LogP contribution >= 0.6 is 31.9 Å². The minimum Gasteiger partial charge on any atom is -0.271 e. The van der Waals surface area contributed by atoms with Crippen molar-refractivity contribution in [1.82, 2.24) is 9.78 Å². The number of hydrogen-bond donors (Lipinski definition) is 0. The number of aryl methyl sites for hydroxylation is 2. The lowest BCUT2D eigenvalue weighted by molar-refractivity contribution is 0.361. The molecule has 2 atom stereocenters. The van der Waals surface area contributed by atoms with Crippen molar-refractivity contribution in [3.8, 4) is 0 Å². The highest BCUT2D eigenvalue weighted by Crippen LogP contribution is 2.33. The van der Waals surface area contributed by atoms with Gasteiger partial charge in [-0.25, -0.2) is 0 Å². The van der Waals surface area contributed by atoms with Crippen LogP contribution < -0.4 is 0 Å². The fraction of sp³-hybridized carbons (Fsp3) is 0.769. The molecule has 96 valence electrons. The molecule has 2 nitrogen and oxygen atoms in total. The zero-order valence-electron chi connectivity index (χ0n) is 10.5. The number of rotatable bonds is 3. The summed E-state index contributed by atoms with van der Waals surface area (Å²) in [6.07, 6.45) is 7.52. The Morgan fingerprint density at radius 3 is 2.76 bits per heavy atom. The zero-order chi connectivity index (χ0) is 12.4. The van der Waals surface area contributed by atoms with Crippen LogP contribution in [0.3, 0.4) is 0 Å². The highest BCUT2D eigenvalue weighted by Gasteiger charge is 2.23. The van der Waals surface area contributed by atoms with E-state index in [0.29, 0.717) is 0 Å². The number of aromatic nitrogens is 2. The summed E-state index contributed by atoms with van der Waals surface area (Å²) < 4.78 is 3.29. The normalized spacial score (nSPS) is 25.2. The molecule has 0 radical (unpaired) electrons. The number of alkyl halides is 1. The lowest BCUT2D eigenvalue weighted by atomic mass is 9.86. The van der Waals surface area contributed by atoms with Gasteiger partial charge < -0.3 is 0 Å². The standard InChI is InChI=1S/C13H20Br2N2/c1-3-11-13(15)12(17(2)16-11)8-9-5-4-6-10(14)7-9/h9-10H,3-8H2,1-2H3. The molecular weight excluding hydrogens is 344 g/mol. The second-order valence-electron chi connectivity index (χ2n) is 5.02. The van der Waals surface area contributed by atoms with Crippen LogP contribution in [0, 0.1) is 5.92 Å². The molecule has 4 heteroatoms. The average molecular weight is 364 g/mol. The van der Waals surface area contributed by atoms with Gasteiger partial charge in [0.05, 0.1) is 15.9 Å². The second kappa shape index (κ2) is 5.87. The first-order valence-electron chi connectivity index (χ1n) is 6.46. The maximum absolute atomic E-state index is 4.57. The van der Waals surface area contributed by atoms with E-state index in [1.54, 1.807) is 0 Å². The molecule has 2 unspecified atom stereocenters. The van der Waals surface area contributed by atoms with E-state index < -0.39 is 0 Å². The molecular formula is C13H20Br2N2. The van der Waals surface area contributed by atoms with Crippen LogP contribution in [0.4, 0.5) is 0 Å². The number of halogens is 2. The maximum Gasteiger partial charge on any atom is 0.0766 e. The van der Waals surface area contributed by atoms with Crippen molar-refractivity contribution in [3.05, 3.63) is 15.9 Å². The first kappa shape index (κ1) is 13.6. The molecule has 0 N–H and O–H groups in total. The molecule has 0 saturated heterocycles. The summed E-state index contributed by atoms with van der Waals surface area (Å²) in [6.45, 7) is 2.16. The highest BCUT2D eigenvalue weighted by atomic mass is 79.9. The molecule has 0 amide bonds. The number of nitrogens with zero attached hydrogens (tertiary/aromatic N) is 2. The van der Waals surface area contributed by atoms with E-state index >= 15 is 0 Å². The van der Waals surface area contributed by atoms with Gasteiger partial charge in [-0.05, 0) is 54.0 Å². The Morgan fingerprint density at radius 2 is 2.18 bits per heavy atom. The summed E-state index contributed by atoms with van der Waals surface area (Å²) in [7, 11) is 2.06. The predicted molar refractivity (Wildman–Crippen MR) is 78.7 cm³/mol. The van der Waals surface area contributed by atoms with Crippen molar-refractivity contribution in [2.75, 3.05) is 0 Å². The fourth-order valence-electron chi connectivity index (χ4n) is 2.73. The van der Waals surface area contributed by atoms with E-state index in [2.05, 4.69) is 55.6 Å². The van der Waals surface area contributed by atoms with Gasteiger partial charge in [-0.2, -0.15) is 5.10 Å². The second-order valence-corrected chi connectivity index (χ2v) is 7.11. The van der Waals surface area contributed by atoms with E-state index in [1.807, 2.05) is 0 Å². The van der Waals surface area contributed by atoms with Crippen LogP contribution in [-0.4, -0.2) is 14.6 Å². The van der Waals surface area contributed by atoms with Gasteiger partial charge in [0.1, 0.15) is 0 Å². The third-order valence-electron chi connectivity index (χ3n) is 3.70.